The van der Waals surface area contributed by atoms with Crippen LogP contribution in [0.15, 0.2) is 0 Å². The summed E-state index contributed by atoms with van der Waals surface area (Å²) >= 11 is 0. The van der Waals surface area contributed by atoms with Gasteiger partial charge in [-0.2, -0.15) is 0 Å². The molecule has 0 spiro atoms. The Morgan fingerprint density at radius 1 is 0.438 bits per heavy atom. The molecule has 0 saturated heterocycles. The fourth-order valence-corrected chi connectivity index (χ4v) is 2.02. The predicted octanol–water partition coefficient (Wildman–Crippen LogP) is 0.329. The van der Waals surface area contributed by atoms with Crippen molar-refractivity contribution < 1.29 is 52.2 Å². The zero-order valence-corrected chi connectivity index (χ0v) is 19.7. The third-order valence-electron chi connectivity index (χ3n) is 3.63. The summed E-state index contributed by atoms with van der Waals surface area (Å²) in [4.78, 5) is 10.8. The summed E-state index contributed by atoms with van der Waals surface area (Å²) in [5, 5.41) is 0. The van der Waals surface area contributed by atoms with Crippen molar-refractivity contribution in [1.82, 2.24) is 0 Å². The molecule has 0 radical (unpaired) electrons. The van der Waals surface area contributed by atoms with E-state index in [9.17, 15) is 4.79 Å². The van der Waals surface area contributed by atoms with E-state index >= 15 is 0 Å². The van der Waals surface area contributed by atoms with Crippen LogP contribution in [-0.4, -0.2) is 132 Å². The zero-order valence-electron chi connectivity index (χ0n) is 19.7. The van der Waals surface area contributed by atoms with Crippen LogP contribution in [-0.2, 0) is 52.2 Å². The fraction of sp³-hybridized carbons (Fsp3) is 0.952. The van der Waals surface area contributed by atoms with Gasteiger partial charge in [0.1, 0.15) is 6.61 Å². The van der Waals surface area contributed by atoms with Crippen molar-refractivity contribution in [2.75, 3.05) is 126 Å². The quantitative estimate of drug-likeness (QED) is 0.122. The normalized spacial score (nSPS) is 11.2. The van der Waals surface area contributed by atoms with E-state index in [0.717, 1.165) is 0 Å². The van der Waals surface area contributed by atoms with Crippen LogP contribution in [0.3, 0.4) is 0 Å². The second-order valence-electron chi connectivity index (χ2n) is 6.11. The SMILES string of the molecule is CCOCCOCCOCCOCCOCCOCCOCCOCCOCC(=O)OC. The van der Waals surface area contributed by atoms with Gasteiger partial charge >= 0.3 is 5.97 Å². The molecule has 0 unspecified atom stereocenters. The van der Waals surface area contributed by atoms with Gasteiger partial charge < -0.3 is 47.4 Å². The molecule has 11 heteroatoms. The lowest BCUT2D eigenvalue weighted by molar-refractivity contribution is -0.146. The molecule has 0 saturated carbocycles. The molecule has 0 fully saturated rings. The number of hydrogen-bond acceptors (Lipinski definition) is 11. The van der Waals surface area contributed by atoms with Crippen LogP contribution in [0.5, 0.6) is 0 Å². The summed E-state index contributed by atoms with van der Waals surface area (Å²) in [5.41, 5.74) is 0. The van der Waals surface area contributed by atoms with Gasteiger partial charge in [-0.25, -0.2) is 4.79 Å². The highest BCUT2D eigenvalue weighted by Gasteiger charge is 1.99. The molecule has 0 aromatic carbocycles. The van der Waals surface area contributed by atoms with Crippen molar-refractivity contribution in [3.05, 3.63) is 0 Å². The van der Waals surface area contributed by atoms with Crippen LogP contribution in [0.4, 0.5) is 0 Å². The maximum absolute atomic E-state index is 10.8. The second kappa shape index (κ2) is 28.1. The van der Waals surface area contributed by atoms with Gasteiger partial charge in [0.25, 0.3) is 0 Å². The maximum Gasteiger partial charge on any atom is 0.331 e. The van der Waals surface area contributed by atoms with Crippen LogP contribution < -0.4 is 0 Å². The standard InChI is InChI=1S/C21H42O11/c1-3-24-4-5-25-6-7-26-8-9-27-10-11-28-12-13-29-14-15-30-16-17-31-18-19-32-20-21(22)23-2/h3-20H2,1-2H3. The van der Waals surface area contributed by atoms with Gasteiger partial charge in [-0.05, 0) is 6.92 Å². The van der Waals surface area contributed by atoms with Crippen LogP contribution >= 0.6 is 0 Å². The zero-order chi connectivity index (χ0) is 23.4. The highest BCUT2D eigenvalue weighted by molar-refractivity contribution is 5.70. The second-order valence-corrected chi connectivity index (χ2v) is 6.11. The number of ether oxygens (including phenoxy) is 10. The first-order chi connectivity index (χ1) is 15.8. The minimum Gasteiger partial charge on any atom is -0.467 e. The number of carbonyl (C=O) groups is 1. The fourth-order valence-electron chi connectivity index (χ4n) is 2.02. The van der Waals surface area contributed by atoms with Gasteiger partial charge in [-0.15, -0.1) is 0 Å². The number of rotatable bonds is 27. The van der Waals surface area contributed by atoms with Crippen molar-refractivity contribution in [2.45, 2.75) is 6.92 Å². The monoisotopic (exact) mass is 470 g/mol. The Kier molecular flexibility index (Phi) is 27.4. The van der Waals surface area contributed by atoms with E-state index in [2.05, 4.69) is 4.74 Å². The molecule has 32 heavy (non-hydrogen) atoms. The van der Waals surface area contributed by atoms with Crippen molar-refractivity contribution in [3.63, 3.8) is 0 Å². The molecule has 0 heterocycles. The van der Waals surface area contributed by atoms with Crippen LogP contribution in [0.2, 0.25) is 0 Å². The lowest BCUT2D eigenvalue weighted by Gasteiger charge is -2.08. The van der Waals surface area contributed by atoms with Crippen molar-refractivity contribution >= 4 is 5.97 Å². The first-order valence-electron chi connectivity index (χ1n) is 11.1. The van der Waals surface area contributed by atoms with Gasteiger partial charge in [-0.3, -0.25) is 0 Å². The average molecular weight is 471 g/mol. The topological polar surface area (TPSA) is 109 Å². The number of hydrogen-bond donors (Lipinski definition) is 0. The molecule has 11 nitrogen and oxygen atoms in total. The molecule has 0 aromatic rings. The Bertz CT molecular complexity index is 372. The van der Waals surface area contributed by atoms with Gasteiger partial charge in [0.2, 0.25) is 0 Å². The molecule has 0 bridgehead atoms. The van der Waals surface area contributed by atoms with Gasteiger partial charge in [0, 0.05) is 6.61 Å². The highest BCUT2D eigenvalue weighted by Crippen LogP contribution is 1.86. The van der Waals surface area contributed by atoms with Crippen LogP contribution in [0.1, 0.15) is 6.92 Å². The van der Waals surface area contributed by atoms with Crippen LogP contribution in [0, 0.1) is 0 Å². The Labute approximate surface area is 191 Å². The third-order valence-corrected chi connectivity index (χ3v) is 3.63. The average Bonchev–Trinajstić information content (AvgIpc) is 2.81. The molecule has 192 valence electrons. The summed E-state index contributed by atoms with van der Waals surface area (Å²) in [7, 11) is 1.32. The largest absolute Gasteiger partial charge is 0.467 e. The number of carbonyl (C=O) groups excluding carboxylic acids is 1. The van der Waals surface area contributed by atoms with Gasteiger partial charge in [0.15, 0.2) is 0 Å². The van der Waals surface area contributed by atoms with Crippen molar-refractivity contribution in [3.8, 4) is 0 Å². The molecule has 0 atom stereocenters. The van der Waals surface area contributed by atoms with E-state index in [0.29, 0.717) is 112 Å². The molecule has 0 aliphatic rings. The van der Waals surface area contributed by atoms with Gasteiger partial charge in [-0.1, -0.05) is 0 Å². The van der Waals surface area contributed by atoms with E-state index in [4.69, 9.17) is 42.6 Å². The predicted molar refractivity (Wildman–Crippen MR) is 115 cm³/mol. The van der Waals surface area contributed by atoms with Gasteiger partial charge in [0.05, 0.1) is 113 Å². The summed E-state index contributed by atoms with van der Waals surface area (Å²) in [6, 6.07) is 0. The molecule has 0 aliphatic carbocycles. The molecule has 0 amide bonds. The summed E-state index contributed by atoms with van der Waals surface area (Å²) in [6.07, 6.45) is 0. The number of esters is 1. The molecule has 0 aliphatic heterocycles. The van der Waals surface area contributed by atoms with Crippen molar-refractivity contribution in [1.29, 1.82) is 0 Å². The molecular formula is C21H42O11. The summed E-state index contributed by atoms with van der Waals surface area (Å²) in [6.45, 7) is 10.7. The lowest BCUT2D eigenvalue weighted by atomic mass is 10.6. The Morgan fingerprint density at radius 3 is 0.938 bits per heavy atom. The maximum atomic E-state index is 10.8. The highest BCUT2D eigenvalue weighted by atomic mass is 16.6. The van der Waals surface area contributed by atoms with Crippen LogP contribution in [0.25, 0.3) is 0 Å². The smallest absolute Gasteiger partial charge is 0.331 e. The number of methoxy groups -OCH3 is 1. The Balaban J connectivity index is 3.02. The minimum absolute atomic E-state index is 0.0635. The summed E-state index contributed by atoms with van der Waals surface area (Å²) in [5.74, 6) is -0.403. The van der Waals surface area contributed by atoms with E-state index in [-0.39, 0.29) is 6.61 Å². The molecule has 0 aromatic heterocycles. The van der Waals surface area contributed by atoms with E-state index < -0.39 is 5.97 Å². The van der Waals surface area contributed by atoms with E-state index in [1.807, 2.05) is 6.92 Å². The molecular weight excluding hydrogens is 428 g/mol. The first kappa shape index (κ1) is 31.1. The van der Waals surface area contributed by atoms with E-state index in [1.54, 1.807) is 0 Å². The van der Waals surface area contributed by atoms with E-state index in [1.165, 1.54) is 7.11 Å². The minimum atomic E-state index is -0.403. The first-order valence-corrected chi connectivity index (χ1v) is 11.1. The Hall–Kier alpha value is -0.890. The van der Waals surface area contributed by atoms with Crippen molar-refractivity contribution in [2.24, 2.45) is 0 Å². The summed E-state index contributed by atoms with van der Waals surface area (Å²) < 4.78 is 52.3. The third kappa shape index (κ3) is 27.1. The molecule has 0 rings (SSSR count). The lowest BCUT2D eigenvalue weighted by Crippen LogP contribution is -2.16. The Morgan fingerprint density at radius 2 is 0.688 bits per heavy atom. The molecule has 0 N–H and O–H groups in total.